The molecule has 2 nitrogen and oxygen atoms in total. The largest absolute Gasteiger partial charge is 0.398 e. The van der Waals surface area contributed by atoms with Gasteiger partial charge in [-0.05, 0) is 30.0 Å². The highest BCUT2D eigenvalue weighted by molar-refractivity contribution is 5.89. The first-order chi connectivity index (χ1) is 6.57. The van der Waals surface area contributed by atoms with E-state index in [1.807, 2.05) is 12.3 Å². The molecule has 0 aliphatic carbocycles. The van der Waals surface area contributed by atoms with Crippen molar-refractivity contribution in [3.63, 3.8) is 0 Å². The first kappa shape index (κ1) is 10.8. The normalized spacial score (nSPS) is 11.5. The van der Waals surface area contributed by atoms with Gasteiger partial charge in [0.15, 0.2) is 0 Å². The maximum absolute atomic E-state index is 5.89. The Morgan fingerprint density at radius 2 is 2.00 bits per heavy atom. The molecule has 0 atom stereocenters. The van der Waals surface area contributed by atoms with E-state index < -0.39 is 0 Å². The van der Waals surface area contributed by atoms with E-state index in [1.165, 1.54) is 11.1 Å². The summed E-state index contributed by atoms with van der Waals surface area (Å²) in [5.41, 5.74) is 10.3. The van der Waals surface area contributed by atoms with Crippen molar-refractivity contribution in [2.45, 2.75) is 26.7 Å². The number of nitrogens with two attached hydrogens (primary N) is 1. The van der Waals surface area contributed by atoms with E-state index in [1.54, 1.807) is 7.05 Å². The van der Waals surface area contributed by atoms with E-state index >= 15 is 0 Å². The highest BCUT2D eigenvalue weighted by Gasteiger charge is 2.08. The Labute approximate surface area is 85.9 Å². The average Bonchev–Trinajstić information content (AvgIpc) is 2.11. The Balaban J connectivity index is 3.33. The lowest BCUT2D eigenvalue weighted by Gasteiger charge is -2.13. The van der Waals surface area contributed by atoms with Crippen molar-refractivity contribution in [2.24, 2.45) is 4.99 Å². The zero-order chi connectivity index (χ0) is 10.7. The topological polar surface area (TPSA) is 38.4 Å². The first-order valence-corrected chi connectivity index (χ1v) is 4.89. The van der Waals surface area contributed by atoms with Crippen molar-refractivity contribution in [3.05, 3.63) is 28.8 Å². The molecule has 0 unspecified atom stereocenters. The Kier molecular flexibility index (Phi) is 3.28. The van der Waals surface area contributed by atoms with Crippen molar-refractivity contribution in [3.8, 4) is 0 Å². The molecule has 0 bridgehead atoms. The van der Waals surface area contributed by atoms with Crippen molar-refractivity contribution in [1.82, 2.24) is 0 Å². The van der Waals surface area contributed by atoms with Crippen molar-refractivity contribution >= 4 is 11.9 Å². The van der Waals surface area contributed by atoms with Gasteiger partial charge in [0.2, 0.25) is 0 Å². The lowest BCUT2D eigenvalue weighted by Crippen LogP contribution is -2.01. The summed E-state index contributed by atoms with van der Waals surface area (Å²) in [6, 6.07) is 4.06. The Morgan fingerprint density at radius 3 is 2.50 bits per heavy atom. The first-order valence-electron chi connectivity index (χ1n) is 4.89. The fourth-order valence-corrected chi connectivity index (χ4v) is 1.69. The lowest BCUT2D eigenvalue weighted by molar-refractivity contribution is 0.856. The molecule has 0 saturated carbocycles. The third-order valence-electron chi connectivity index (χ3n) is 2.47. The Morgan fingerprint density at radius 1 is 1.36 bits per heavy atom. The summed E-state index contributed by atoms with van der Waals surface area (Å²) in [6.45, 7) is 6.47. The second kappa shape index (κ2) is 4.27. The standard InChI is InChI=1S/C12H18N2/c1-8(2)10-5-6-12(13)11(7-14-4)9(10)3/h5-8H,13H2,1-4H3. The van der Waals surface area contributed by atoms with Crippen LogP contribution in [0.2, 0.25) is 0 Å². The third kappa shape index (κ3) is 1.95. The molecule has 0 aliphatic heterocycles. The van der Waals surface area contributed by atoms with E-state index in [0.29, 0.717) is 5.92 Å². The van der Waals surface area contributed by atoms with E-state index in [9.17, 15) is 0 Å². The van der Waals surface area contributed by atoms with Crippen LogP contribution in [0.4, 0.5) is 5.69 Å². The third-order valence-corrected chi connectivity index (χ3v) is 2.47. The summed E-state index contributed by atoms with van der Waals surface area (Å²) < 4.78 is 0. The molecule has 2 N–H and O–H groups in total. The Bertz CT molecular complexity index is 352. The number of rotatable bonds is 2. The number of hydrogen-bond acceptors (Lipinski definition) is 2. The summed E-state index contributed by atoms with van der Waals surface area (Å²) in [5, 5.41) is 0. The summed E-state index contributed by atoms with van der Waals surface area (Å²) in [6.07, 6.45) is 1.83. The molecule has 76 valence electrons. The monoisotopic (exact) mass is 190 g/mol. The average molecular weight is 190 g/mol. The maximum atomic E-state index is 5.89. The van der Waals surface area contributed by atoms with Gasteiger partial charge in [-0.1, -0.05) is 19.9 Å². The molecule has 2 heteroatoms. The molecule has 0 fully saturated rings. The summed E-state index contributed by atoms with van der Waals surface area (Å²) in [5.74, 6) is 0.527. The van der Waals surface area contributed by atoms with Crippen LogP contribution in [-0.2, 0) is 0 Å². The molecule has 0 aliphatic rings. The van der Waals surface area contributed by atoms with Crippen LogP contribution in [-0.4, -0.2) is 13.3 Å². The minimum absolute atomic E-state index is 0.527. The number of benzene rings is 1. The molecular formula is C12H18N2. The van der Waals surface area contributed by atoms with E-state index in [0.717, 1.165) is 11.3 Å². The highest BCUT2D eigenvalue weighted by atomic mass is 14.7. The number of nitrogens with zero attached hydrogens (tertiary/aromatic N) is 1. The number of aliphatic imine (C=N–C) groups is 1. The molecule has 0 spiro atoms. The van der Waals surface area contributed by atoms with Gasteiger partial charge in [0.05, 0.1) is 0 Å². The molecule has 1 aromatic carbocycles. The molecule has 0 aromatic heterocycles. The fourth-order valence-electron chi connectivity index (χ4n) is 1.69. The SMILES string of the molecule is CN=Cc1c(N)ccc(C(C)C)c1C. The predicted molar refractivity (Wildman–Crippen MR) is 63.2 cm³/mol. The zero-order valence-electron chi connectivity index (χ0n) is 9.33. The second-order valence-corrected chi connectivity index (χ2v) is 3.82. The number of anilines is 1. The van der Waals surface area contributed by atoms with Gasteiger partial charge >= 0.3 is 0 Å². The number of hydrogen-bond donors (Lipinski definition) is 1. The molecule has 1 rings (SSSR count). The van der Waals surface area contributed by atoms with Crippen molar-refractivity contribution in [1.29, 1.82) is 0 Å². The predicted octanol–water partition coefficient (Wildman–Crippen LogP) is 2.75. The van der Waals surface area contributed by atoms with Gasteiger partial charge in [-0.2, -0.15) is 0 Å². The van der Waals surface area contributed by atoms with Crippen LogP contribution in [0.25, 0.3) is 0 Å². The van der Waals surface area contributed by atoms with Crippen LogP contribution in [0.3, 0.4) is 0 Å². The van der Waals surface area contributed by atoms with Gasteiger partial charge in [-0.3, -0.25) is 4.99 Å². The molecular weight excluding hydrogens is 172 g/mol. The summed E-state index contributed by atoms with van der Waals surface area (Å²) in [4.78, 5) is 4.02. The minimum Gasteiger partial charge on any atom is -0.398 e. The van der Waals surface area contributed by atoms with Crippen molar-refractivity contribution < 1.29 is 0 Å². The quantitative estimate of drug-likeness (QED) is 0.565. The molecule has 0 heterocycles. The van der Waals surface area contributed by atoms with Crippen LogP contribution in [0.1, 0.15) is 36.5 Å². The minimum atomic E-state index is 0.527. The van der Waals surface area contributed by atoms with Gasteiger partial charge in [0.1, 0.15) is 0 Å². The maximum Gasteiger partial charge on any atom is 0.0405 e. The van der Waals surface area contributed by atoms with E-state index in [4.69, 9.17) is 5.73 Å². The summed E-state index contributed by atoms with van der Waals surface area (Å²) in [7, 11) is 1.76. The van der Waals surface area contributed by atoms with Crippen LogP contribution in [0, 0.1) is 6.92 Å². The van der Waals surface area contributed by atoms with Crippen LogP contribution < -0.4 is 5.73 Å². The fraction of sp³-hybridized carbons (Fsp3) is 0.417. The Hall–Kier alpha value is -1.31. The van der Waals surface area contributed by atoms with Crippen LogP contribution in [0.5, 0.6) is 0 Å². The second-order valence-electron chi connectivity index (χ2n) is 3.82. The molecule has 0 saturated heterocycles. The van der Waals surface area contributed by atoms with Gasteiger partial charge < -0.3 is 5.73 Å². The van der Waals surface area contributed by atoms with Crippen LogP contribution >= 0.6 is 0 Å². The summed E-state index contributed by atoms with van der Waals surface area (Å²) >= 11 is 0. The van der Waals surface area contributed by atoms with Crippen LogP contribution in [0.15, 0.2) is 17.1 Å². The van der Waals surface area contributed by atoms with Gasteiger partial charge in [0, 0.05) is 24.5 Å². The molecule has 0 amide bonds. The number of nitrogen functional groups attached to an aromatic ring is 1. The lowest BCUT2D eigenvalue weighted by atomic mass is 9.94. The zero-order valence-corrected chi connectivity index (χ0v) is 9.33. The molecule has 14 heavy (non-hydrogen) atoms. The van der Waals surface area contributed by atoms with Crippen molar-refractivity contribution in [2.75, 3.05) is 12.8 Å². The van der Waals surface area contributed by atoms with E-state index in [-0.39, 0.29) is 0 Å². The van der Waals surface area contributed by atoms with Gasteiger partial charge in [-0.25, -0.2) is 0 Å². The smallest absolute Gasteiger partial charge is 0.0405 e. The molecule has 0 radical (unpaired) electrons. The van der Waals surface area contributed by atoms with Gasteiger partial charge in [-0.15, -0.1) is 0 Å². The van der Waals surface area contributed by atoms with Gasteiger partial charge in [0.25, 0.3) is 0 Å². The highest BCUT2D eigenvalue weighted by Crippen LogP contribution is 2.24. The molecule has 1 aromatic rings. The van der Waals surface area contributed by atoms with E-state index in [2.05, 4.69) is 31.8 Å².